The molecule has 106 valence electrons. The predicted molar refractivity (Wildman–Crippen MR) is 81.5 cm³/mol. The Labute approximate surface area is 121 Å². The van der Waals surface area contributed by atoms with E-state index >= 15 is 0 Å². The maximum absolute atomic E-state index is 11.0. The number of nitrogens with zero attached hydrogens (tertiary/aromatic N) is 2. The SMILES string of the molecule is Cc1nc(C)c(CNc2cc([N+](=O)[O-])c(C)cc2C)s1. The summed E-state index contributed by atoms with van der Waals surface area (Å²) in [6.07, 6.45) is 0. The van der Waals surface area contributed by atoms with Gasteiger partial charge in [0.2, 0.25) is 0 Å². The Kier molecular flexibility index (Phi) is 4.04. The Morgan fingerprint density at radius 2 is 1.95 bits per heavy atom. The standard InChI is InChI=1S/C14H17N3O2S/c1-8-5-9(2)13(17(18)19)6-12(8)15-7-14-10(3)16-11(4)20-14/h5-6,15H,7H2,1-4H3. The molecule has 1 aromatic carbocycles. The molecule has 0 aliphatic heterocycles. The minimum Gasteiger partial charge on any atom is -0.380 e. The second kappa shape index (κ2) is 5.58. The summed E-state index contributed by atoms with van der Waals surface area (Å²) in [6, 6.07) is 3.44. The zero-order valence-electron chi connectivity index (χ0n) is 12.0. The first-order chi connectivity index (χ1) is 9.38. The van der Waals surface area contributed by atoms with Gasteiger partial charge in [-0.25, -0.2) is 4.98 Å². The van der Waals surface area contributed by atoms with Gasteiger partial charge in [0.15, 0.2) is 0 Å². The van der Waals surface area contributed by atoms with Crippen LogP contribution in [0.5, 0.6) is 0 Å². The Morgan fingerprint density at radius 3 is 2.50 bits per heavy atom. The minimum absolute atomic E-state index is 0.148. The summed E-state index contributed by atoms with van der Waals surface area (Å²) in [5, 5.41) is 15.3. The zero-order chi connectivity index (χ0) is 14.9. The van der Waals surface area contributed by atoms with Crippen molar-refractivity contribution < 1.29 is 4.92 Å². The number of anilines is 1. The number of nitrogens with one attached hydrogen (secondary N) is 1. The first kappa shape index (κ1) is 14.5. The molecular weight excluding hydrogens is 274 g/mol. The van der Waals surface area contributed by atoms with E-state index < -0.39 is 0 Å². The van der Waals surface area contributed by atoms with Crippen molar-refractivity contribution in [2.45, 2.75) is 34.2 Å². The Balaban J connectivity index is 2.23. The third kappa shape index (κ3) is 2.96. The third-order valence-corrected chi connectivity index (χ3v) is 4.25. The predicted octanol–water partition coefficient (Wildman–Crippen LogP) is 3.90. The average molecular weight is 291 g/mol. The normalized spacial score (nSPS) is 10.6. The summed E-state index contributed by atoms with van der Waals surface area (Å²) < 4.78 is 0. The molecule has 0 radical (unpaired) electrons. The van der Waals surface area contributed by atoms with E-state index in [2.05, 4.69) is 10.3 Å². The third-order valence-electron chi connectivity index (χ3n) is 3.18. The van der Waals surface area contributed by atoms with Crippen LogP contribution in [-0.4, -0.2) is 9.91 Å². The van der Waals surface area contributed by atoms with Gasteiger partial charge in [0.1, 0.15) is 0 Å². The molecule has 20 heavy (non-hydrogen) atoms. The second-order valence-corrected chi connectivity index (χ2v) is 6.09. The molecule has 1 heterocycles. The van der Waals surface area contributed by atoms with Gasteiger partial charge in [0.05, 0.1) is 22.2 Å². The summed E-state index contributed by atoms with van der Waals surface area (Å²) in [7, 11) is 0. The molecule has 1 N–H and O–H groups in total. The van der Waals surface area contributed by atoms with E-state index in [0.717, 1.165) is 26.8 Å². The van der Waals surface area contributed by atoms with Crippen LogP contribution in [0.15, 0.2) is 12.1 Å². The molecule has 0 bridgehead atoms. The largest absolute Gasteiger partial charge is 0.380 e. The molecule has 0 spiro atoms. The lowest BCUT2D eigenvalue weighted by Crippen LogP contribution is -2.03. The van der Waals surface area contributed by atoms with Crippen LogP contribution in [0.1, 0.15) is 26.7 Å². The van der Waals surface area contributed by atoms with Crippen molar-refractivity contribution >= 4 is 22.7 Å². The van der Waals surface area contributed by atoms with Crippen LogP contribution < -0.4 is 5.32 Å². The van der Waals surface area contributed by atoms with E-state index in [9.17, 15) is 10.1 Å². The first-order valence-corrected chi connectivity index (χ1v) is 7.12. The number of nitro groups is 1. The van der Waals surface area contributed by atoms with Gasteiger partial charge in [-0.2, -0.15) is 0 Å². The molecule has 0 fully saturated rings. The van der Waals surface area contributed by atoms with Crippen LogP contribution in [0.25, 0.3) is 0 Å². The smallest absolute Gasteiger partial charge is 0.274 e. The maximum Gasteiger partial charge on any atom is 0.274 e. The Bertz CT molecular complexity index is 665. The summed E-state index contributed by atoms with van der Waals surface area (Å²) >= 11 is 1.65. The van der Waals surface area contributed by atoms with Gasteiger partial charge in [-0.15, -0.1) is 11.3 Å². The van der Waals surface area contributed by atoms with Crippen LogP contribution in [0.3, 0.4) is 0 Å². The van der Waals surface area contributed by atoms with E-state index in [1.807, 2.05) is 26.8 Å². The topological polar surface area (TPSA) is 68.1 Å². The molecule has 0 atom stereocenters. The van der Waals surface area contributed by atoms with Crippen molar-refractivity contribution in [3.8, 4) is 0 Å². The van der Waals surface area contributed by atoms with Crippen molar-refractivity contribution in [3.05, 3.63) is 49.0 Å². The van der Waals surface area contributed by atoms with Gasteiger partial charge in [-0.3, -0.25) is 10.1 Å². The van der Waals surface area contributed by atoms with Crippen molar-refractivity contribution in [2.75, 3.05) is 5.32 Å². The van der Waals surface area contributed by atoms with Crippen LogP contribution in [0.2, 0.25) is 0 Å². The lowest BCUT2D eigenvalue weighted by atomic mass is 10.1. The molecule has 0 unspecified atom stereocenters. The van der Waals surface area contributed by atoms with Crippen molar-refractivity contribution in [3.63, 3.8) is 0 Å². The minimum atomic E-state index is -0.345. The molecule has 0 aliphatic carbocycles. The highest BCUT2D eigenvalue weighted by molar-refractivity contribution is 7.11. The number of aromatic nitrogens is 1. The highest BCUT2D eigenvalue weighted by Gasteiger charge is 2.14. The highest BCUT2D eigenvalue weighted by atomic mass is 32.1. The van der Waals surface area contributed by atoms with Crippen LogP contribution in [-0.2, 0) is 6.54 Å². The van der Waals surface area contributed by atoms with Crippen LogP contribution in [0, 0.1) is 37.8 Å². The fourth-order valence-electron chi connectivity index (χ4n) is 2.14. The number of aryl methyl sites for hydroxylation is 4. The quantitative estimate of drug-likeness (QED) is 0.685. The molecule has 6 heteroatoms. The summed E-state index contributed by atoms with van der Waals surface area (Å²) in [6.45, 7) is 8.29. The van der Waals surface area contributed by atoms with Crippen molar-refractivity contribution in [1.29, 1.82) is 0 Å². The molecule has 0 saturated heterocycles. The monoisotopic (exact) mass is 291 g/mol. The fourth-order valence-corrected chi connectivity index (χ4v) is 3.02. The summed E-state index contributed by atoms with van der Waals surface area (Å²) in [5.74, 6) is 0. The van der Waals surface area contributed by atoms with E-state index in [1.54, 1.807) is 24.3 Å². The molecule has 0 saturated carbocycles. The molecule has 2 aromatic rings. The summed E-state index contributed by atoms with van der Waals surface area (Å²) in [4.78, 5) is 16.2. The van der Waals surface area contributed by atoms with Gasteiger partial charge in [-0.05, 0) is 39.3 Å². The van der Waals surface area contributed by atoms with Crippen molar-refractivity contribution in [1.82, 2.24) is 4.98 Å². The van der Waals surface area contributed by atoms with Crippen molar-refractivity contribution in [2.24, 2.45) is 0 Å². The summed E-state index contributed by atoms with van der Waals surface area (Å²) in [5.41, 5.74) is 3.65. The first-order valence-electron chi connectivity index (χ1n) is 6.31. The van der Waals surface area contributed by atoms with Gasteiger partial charge < -0.3 is 5.32 Å². The van der Waals surface area contributed by atoms with E-state index in [1.165, 1.54) is 0 Å². The highest BCUT2D eigenvalue weighted by Crippen LogP contribution is 2.27. The number of thiazole rings is 1. The molecule has 0 amide bonds. The zero-order valence-corrected chi connectivity index (χ0v) is 12.8. The van der Waals surface area contributed by atoms with Gasteiger partial charge in [0, 0.05) is 22.2 Å². The number of benzene rings is 1. The van der Waals surface area contributed by atoms with E-state index in [0.29, 0.717) is 12.1 Å². The van der Waals surface area contributed by atoms with Gasteiger partial charge in [0.25, 0.3) is 5.69 Å². The van der Waals surface area contributed by atoms with Gasteiger partial charge in [-0.1, -0.05) is 0 Å². The lowest BCUT2D eigenvalue weighted by molar-refractivity contribution is -0.385. The van der Waals surface area contributed by atoms with E-state index in [4.69, 9.17) is 0 Å². The van der Waals surface area contributed by atoms with E-state index in [-0.39, 0.29) is 10.6 Å². The number of nitro benzene ring substituents is 1. The molecular formula is C14H17N3O2S. The Morgan fingerprint density at radius 1 is 1.25 bits per heavy atom. The number of rotatable bonds is 4. The second-order valence-electron chi connectivity index (χ2n) is 4.81. The Hall–Kier alpha value is -1.95. The van der Waals surface area contributed by atoms with Gasteiger partial charge >= 0.3 is 0 Å². The number of hydrogen-bond acceptors (Lipinski definition) is 5. The number of hydrogen-bond donors (Lipinski definition) is 1. The molecule has 0 aliphatic rings. The average Bonchev–Trinajstić information content (AvgIpc) is 2.66. The lowest BCUT2D eigenvalue weighted by Gasteiger charge is -2.10. The van der Waals surface area contributed by atoms with Crippen LogP contribution in [0.4, 0.5) is 11.4 Å². The fraction of sp³-hybridized carbons (Fsp3) is 0.357. The molecule has 5 nitrogen and oxygen atoms in total. The molecule has 2 rings (SSSR count). The maximum atomic E-state index is 11.0. The molecule has 1 aromatic heterocycles. The van der Waals surface area contributed by atoms with Crippen LogP contribution >= 0.6 is 11.3 Å².